The Labute approximate surface area is 127 Å². The molecule has 2 rings (SSSR count). The number of hydrogen-bond donors (Lipinski definition) is 0. The summed E-state index contributed by atoms with van der Waals surface area (Å²) in [5.41, 5.74) is 2.75. The highest BCUT2D eigenvalue weighted by molar-refractivity contribution is 7.81. The van der Waals surface area contributed by atoms with Gasteiger partial charge >= 0.3 is 0 Å². The van der Waals surface area contributed by atoms with Crippen molar-refractivity contribution in [3.8, 4) is 0 Å². The number of allylic oxidation sites excluding steroid dienone is 2. The summed E-state index contributed by atoms with van der Waals surface area (Å²) in [7, 11) is 0. The van der Waals surface area contributed by atoms with Gasteiger partial charge in [-0.25, -0.2) is 0 Å². The first kappa shape index (κ1) is 15.1. The molecule has 1 aliphatic rings. The molecule has 0 saturated carbocycles. The lowest BCUT2D eigenvalue weighted by Crippen LogP contribution is -2.15. The molecular weight excluding hydrogens is 264 g/mol. The molecule has 1 nitrogen and oxygen atoms in total. The number of rotatable bonds is 7. The minimum atomic E-state index is 0.107. The van der Waals surface area contributed by atoms with Crippen LogP contribution in [0.2, 0.25) is 0 Å². The van der Waals surface area contributed by atoms with E-state index in [2.05, 4.69) is 6.92 Å². The molecule has 0 saturated heterocycles. The molecule has 0 atom stereocenters. The van der Waals surface area contributed by atoms with Crippen molar-refractivity contribution in [2.45, 2.75) is 51.9 Å². The molecule has 1 aromatic rings. The van der Waals surface area contributed by atoms with Gasteiger partial charge in [-0.15, -0.1) is 0 Å². The maximum absolute atomic E-state index is 12.1. The summed E-state index contributed by atoms with van der Waals surface area (Å²) in [6, 6.07) is 7.67. The summed E-state index contributed by atoms with van der Waals surface area (Å²) in [6.45, 7) is 2.23. The minimum absolute atomic E-state index is 0.107. The molecule has 0 N–H and O–H groups in total. The van der Waals surface area contributed by atoms with Crippen LogP contribution in [0.5, 0.6) is 0 Å². The van der Waals surface area contributed by atoms with Crippen LogP contribution in [0.15, 0.2) is 35.9 Å². The topological polar surface area (TPSA) is 17.1 Å². The van der Waals surface area contributed by atoms with Gasteiger partial charge in [-0.05, 0) is 24.5 Å². The van der Waals surface area contributed by atoms with Crippen molar-refractivity contribution < 1.29 is 4.79 Å². The van der Waals surface area contributed by atoms with Crippen LogP contribution in [0.1, 0.15) is 67.8 Å². The molecule has 1 aromatic carbocycles. The number of unbranched alkanes of at least 4 members (excludes halogenated alkanes) is 5. The summed E-state index contributed by atoms with van der Waals surface area (Å²) in [4.78, 5) is 12.9. The quantitative estimate of drug-likeness (QED) is 0.501. The van der Waals surface area contributed by atoms with E-state index in [1.807, 2.05) is 24.3 Å². The van der Waals surface area contributed by atoms with Gasteiger partial charge in [0.15, 0.2) is 5.78 Å². The van der Waals surface area contributed by atoms with Crippen LogP contribution in [0.4, 0.5) is 0 Å². The summed E-state index contributed by atoms with van der Waals surface area (Å²) < 4.78 is 0. The van der Waals surface area contributed by atoms with E-state index in [-0.39, 0.29) is 5.78 Å². The molecule has 20 heavy (non-hydrogen) atoms. The van der Waals surface area contributed by atoms with Crippen molar-refractivity contribution in [1.29, 1.82) is 0 Å². The number of fused-ring (bicyclic) bond motifs is 1. The van der Waals surface area contributed by atoms with Crippen LogP contribution in [0, 0.1) is 0 Å². The molecule has 1 aliphatic carbocycles. The summed E-state index contributed by atoms with van der Waals surface area (Å²) >= 11 is 5.53. The van der Waals surface area contributed by atoms with Gasteiger partial charge in [0.2, 0.25) is 0 Å². The van der Waals surface area contributed by atoms with Crippen molar-refractivity contribution in [2.24, 2.45) is 0 Å². The molecule has 0 aliphatic heterocycles. The predicted molar refractivity (Wildman–Crippen MR) is 88.5 cm³/mol. The fourth-order valence-corrected chi connectivity index (χ4v) is 2.99. The van der Waals surface area contributed by atoms with E-state index in [0.717, 1.165) is 34.4 Å². The normalized spacial score (nSPS) is 14.2. The summed E-state index contributed by atoms with van der Waals surface area (Å²) in [5, 5.41) is 0. The van der Waals surface area contributed by atoms with E-state index in [1.54, 1.807) is 6.08 Å². The highest BCUT2D eigenvalue weighted by Gasteiger charge is 2.21. The second kappa shape index (κ2) is 7.49. The molecular formula is C18H22OS. The lowest BCUT2D eigenvalue weighted by molar-refractivity contribution is 0.104. The maximum Gasteiger partial charge on any atom is 0.186 e. The van der Waals surface area contributed by atoms with Crippen LogP contribution in [-0.2, 0) is 0 Å². The van der Waals surface area contributed by atoms with E-state index < -0.39 is 0 Å². The van der Waals surface area contributed by atoms with Gasteiger partial charge in [0.05, 0.1) is 0 Å². The van der Waals surface area contributed by atoms with Crippen molar-refractivity contribution in [1.82, 2.24) is 0 Å². The van der Waals surface area contributed by atoms with E-state index in [4.69, 9.17) is 12.2 Å². The lowest BCUT2D eigenvalue weighted by atomic mass is 9.88. The molecule has 0 unspecified atom stereocenters. The SMILES string of the molecule is CCCCCCCCC1=CC(=O)c2ccccc2C1=S. The van der Waals surface area contributed by atoms with E-state index in [9.17, 15) is 4.79 Å². The summed E-state index contributed by atoms with van der Waals surface area (Å²) in [6.07, 6.45) is 10.3. The van der Waals surface area contributed by atoms with E-state index in [1.165, 1.54) is 32.1 Å². The Bertz CT molecular complexity index is 528. The number of thiocarbonyl (C=S) groups is 1. The van der Waals surface area contributed by atoms with Crippen molar-refractivity contribution in [2.75, 3.05) is 0 Å². The minimum Gasteiger partial charge on any atom is -0.289 e. The number of hydrogen-bond acceptors (Lipinski definition) is 2. The molecule has 0 heterocycles. The van der Waals surface area contributed by atoms with E-state index >= 15 is 0 Å². The number of ketones is 1. The Morgan fingerprint density at radius 3 is 2.35 bits per heavy atom. The van der Waals surface area contributed by atoms with Crippen LogP contribution in [0.3, 0.4) is 0 Å². The number of carbonyl (C=O) groups excluding carboxylic acids is 1. The van der Waals surface area contributed by atoms with Gasteiger partial charge in [0.25, 0.3) is 0 Å². The first-order valence-corrected chi connectivity index (χ1v) is 8.03. The van der Waals surface area contributed by atoms with Gasteiger partial charge in [-0.1, -0.05) is 75.5 Å². The van der Waals surface area contributed by atoms with Crippen molar-refractivity contribution in [3.05, 3.63) is 47.0 Å². The van der Waals surface area contributed by atoms with Gasteiger partial charge in [0.1, 0.15) is 0 Å². The zero-order valence-corrected chi connectivity index (χ0v) is 13.0. The first-order valence-electron chi connectivity index (χ1n) is 7.62. The zero-order valence-electron chi connectivity index (χ0n) is 12.2. The monoisotopic (exact) mass is 286 g/mol. The average Bonchev–Trinajstić information content (AvgIpc) is 2.47. The second-order valence-corrected chi connectivity index (χ2v) is 5.83. The third kappa shape index (κ3) is 3.63. The Morgan fingerprint density at radius 2 is 1.60 bits per heavy atom. The van der Waals surface area contributed by atoms with Crippen LogP contribution >= 0.6 is 12.2 Å². The average molecular weight is 286 g/mol. The molecule has 0 radical (unpaired) electrons. The molecule has 0 bridgehead atoms. The highest BCUT2D eigenvalue weighted by Crippen LogP contribution is 2.25. The third-order valence-corrected chi connectivity index (χ3v) is 4.32. The number of benzene rings is 1. The van der Waals surface area contributed by atoms with Crippen molar-refractivity contribution in [3.63, 3.8) is 0 Å². The van der Waals surface area contributed by atoms with Crippen molar-refractivity contribution >= 4 is 22.9 Å². The van der Waals surface area contributed by atoms with Gasteiger partial charge in [-0.3, -0.25) is 4.79 Å². The first-order chi connectivity index (χ1) is 9.74. The Balaban J connectivity index is 1.91. The highest BCUT2D eigenvalue weighted by atomic mass is 32.1. The molecule has 0 spiro atoms. The zero-order chi connectivity index (χ0) is 14.4. The Kier molecular flexibility index (Phi) is 5.66. The summed E-state index contributed by atoms with van der Waals surface area (Å²) in [5.74, 6) is 0.107. The maximum atomic E-state index is 12.1. The van der Waals surface area contributed by atoms with Gasteiger partial charge < -0.3 is 0 Å². The van der Waals surface area contributed by atoms with Crippen LogP contribution in [-0.4, -0.2) is 10.6 Å². The largest absolute Gasteiger partial charge is 0.289 e. The van der Waals surface area contributed by atoms with E-state index in [0.29, 0.717) is 0 Å². The molecule has 0 amide bonds. The molecule has 106 valence electrons. The molecule has 0 fully saturated rings. The Hall–Kier alpha value is -1.28. The number of carbonyl (C=O) groups is 1. The standard InChI is InChI=1S/C18H22OS/c1-2-3-4-5-6-7-10-14-13-17(19)15-11-8-9-12-16(15)18(14)20/h8-9,11-13H,2-7,10H2,1H3. The third-order valence-electron chi connectivity index (χ3n) is 3.83. The predicted octanol–water partition coefficient (Wildman–Crippen LogP) is 5.28. The van der Waals surface area contributed by atoms with Gasteiger partial charge in [-0.2, -0.15) is 0 Å². The fourth-order valence-electron chi connectivity index (χ4n) is 2.65. The smallest absolute Gasteiger partial charge is 0.186 e. The molecule has 0 aromatic heterocycles. The fraction of sp³-hybridized carbons (Fsp3) is 0.444. The molecule has 2 heteroatoms. The van der Waals surface area contributed by atoms with Gasteiger partial charge in [0, 0.05) is 16.0 Å². The van der Waals surface area contributed by atoms with Crippen LogP contribution in [0.25, 0.3) is 0 Å². The second-order valence-electron chi connectivity index (χ2n) is 5.43. The lowest BCUT2D eigenvalue weighted by Gasteiger charge is -2.17. The van der Waals surface area contributed by atoms with Crippen LogP contribution < -0.4 is 0 Å². The Morgan fingerprint density at radius 1 is 0.950 bits per heavy atom.